The molecule has 0 aliphatic carbocycles. The minimum absolute atomic E-state index is 0.0961. The first-order valence-corrected chi connectivity index (χ1v) is 8.97. The van der Waals surface area contributed by atoms with Crippen LogP contribution in [0.4, 0.5) is 13.6 Å². The van der Waals surface area contributed by atoms with E-state index in [1.807, 2.05) is 20.8 Å². The van der Waals surface area contributed by atoms with Crippen LogP contribution in [-0.4, -0.2) is 55.4 Å². The summed E-state index contributed by atoms with van der Waals surface area (Å²) in [6.45, 7) is 6.21. The van der Waals surface area contributed by atoms with Crippen LogP contribution >= 0.6 is 0 Å². The van der Waals surface area contributed by atoms with E-state index in [1.54, 1.807) is 0 Å². The highest BCUT2D eigenvalue weighted by atomic mass is 32.2. The van der Waals surface area contributed by atoms with E-state index in [0.29, 0.717) is 6.07 Å². The summed E-state index contributed by atoms with van der Waals surface area (Å²) in [5.74, 6) is -2.31. The van der Waals surface area contributed by atoms with E-state index in [9.17, 15) is 22.0 Å². The Morgan fingerprint density at radius 1 is 1.08 bits per heavy atom. The van der Waals surface area contributed by atoms with Gasteiger partial charge < -0.3 is 10.2 Å². The van der Waals surface area contributed by atoms with Crippen LogP contribution in [0.25, 0.3) is 0 Å². The highest BCUT2D eigenvalue weighted by Crippen LogP contribution is 2.20. The summed E-state index contributed by atoms with van der Waals surface area (Å²) in [5.41, 5.74) is -0.383. The number of sulfonamides is 1. The number of piperazine rings is 1. The molecule has 134 valence electrons. The number of rotatable bonds is 2. The van der Waals surface area contributed by atoms with Gasteiger partial charge in [-0.1, -0.05) is 0 Å². The number of hydrogen-bond acceptors (Lipinski definition) is 3. The number of halogens is 2. The van der Waals surface area contributed by atoms with Crippen molar-refractivity contribution >= 4 is 16.1 Å². The van der Waals surface area contributed by atoms with Gasteiger partial charge in [0.2, 0.25) is 10.0 Å². The van der Waals surface area contributed by atoms with E-state index in [2.05, 4.69) is 5.32 Å². The van der Waals surface area contributed by atoms with Gasteiger partial charge in [0, 0.05) is 31.7 Å². The molecule has 0 bridgehead atoms. The predicted octanol–water partition coefficient (Wildman–Crippen LogP) is 1.78. The molecule has 0 atom stereocenters. The Kier molecular flexibility index (Phi) is 5.14. The van der Waals surface area contributed by atoms with Crippen LogP contribution in [0.3, 0.4) is 0 Å². The van der Waals surface area contributed by atoms with Gasteiger partial charge in [0.15, 0.2) is 11.6 Å². The molecule has 0 radical (unpaired) electrons. The molecule has 2 amide bonds. The molecule has 9 heteroatoms. The van der Waals surface area contributed by atoms with E-state index >= 15 is 0 Å². The fraction of sp³-hybridized carbons (Fsp3) is 0.533. The van der Waals surface area contributed by atoms with Crippen LogP contribution in [0.15, 0.2) is 23.1 Å². The number of amides is 2. The quantitative estimate of drug-likeness (QED) is 0.873. The van der Waals surface area contributed by atoms with Gasteiger partial charge in [0.1, 0.15) is 0 Å². The third-order valence-corrected chi connectivity index (χ3v) is 5.43. The van der Waals surface area contributed by atoms with Crippen molar-refractivity contribution in [2.75, 3.05) is 26.2 Å². The lowest BCUT2D eigenvalue weighted by atomic mass is 10.1. The fourth-order valence-corrected chi connectivity index (χ4v) is 3.75. The highest BCUT2D eigenvalue weighted by molar-refractivity contribution is 7.89. The van der Waals surface area contributed by atoms with Gasteiger partial charge >= 0.3 is 6.03 Å². The summed E-state index contributed by atoms with van der Waals surface area (Å²) < 4.78 is 52.4. The summed E-state index contributed by atoms with van der Waals surface area (Å²) in [6, 6.07) is 2.23. The van der Waals surface area contributed by atoms with E-state index < -0.39 is 21.7 Å². The fourth-order valence-electron chi connectivity index (χ4n) is 2.32. The number of carbonyl (C=O) groups is 1. The topological polar surface area (TPSA) is 69.7 Å². The summed E-state index contributed by atoms with van der Waals surface area (Å²) in [5, 5.41) is 2.82. The molecule has 1 aromatic rings. The van der Waals surface area contributed by atoms with Crippen molar-refractivity contribution in [2.24, 2.45) is 0 Å². The van der Waals surface area contributed by atoms with Crippen LogP contribution in [0, 0.1) is 11.6 Å². The van der Waals surface area contributed by atoms with Gasteiger partial charge in [-0.25, -0.2) is 22.0 Å². The second kappa shape index (κ2) is 6.64. The van der Waals surface area contributed by atoms with E-state index in [1.165, 1.54) is 9.21 Å². The van der Waals surface area contributed by atoms with Crippen molar-refractivity contribution in [2.45, 2.75) is 31.2 Å². The maximum atomic E-state index is 13.3. The molecular formula is C15H21F2N3O3S. The van der Waals surface area contributed by atoms with Crippen LogP contribution in [0.1, 0.15) is 20.8 Å². The molecule has 6 nitrogen and oxygen atoms in total. The minimum Gasteiger partial charge on any atom is -0.333 e. The minimum atomic E-state index is -3.92. The molecule has 0 spiro atoms. The number of nitrogens with zero attached hydrogens (tertiary/aromatic N) is 2. The molecule has 0 saturated carbocycles. The Hall–Kier alpha value is -1.74. The molecular weight excluding hydrogens is 340 g/mol. The summed E-state index contributed by atoms with van der Waals surface area (Å²) in [4.78, 5) is 13.3. The first kappa shape index (κ1) is 18.6. The van der Waals surface area contributed by atoms with Crippen molar-refractivity contribution in [3.8, 4) is 0 Å². The second-order valence-corrected chi connectivity index (χ2v) is 8.59. The molecule has 0 unspecified atom stereocenters. The molecule has 1 fully saturated rings. The Morgan fingerprint density at radius 2 is 1.67 bits per heavy atom. The third-order valence-electron chi connectivity index (χ3n) is 3.54. The lowest BCUT2D eigenvalue weighted by molar-refractivity contribution is 0.165. The van der Waals surface area contributed by atoms with Crippen LogP contribution in [0.5, 0.6) is 0 Å². The first-order chi connectivity index (χ1) is 11.0. The largest absolute Gasteiger partial charge is 0.333 e. The Morgan fingerprint density at radius 3 is 2.17 bits per heavy atom. The van der Waals surface area contributed by atoms with Crippen LogP contribution in [-0.2, 0) is 10.0 Å². The molecule has 1 aliphatic rings. The molecule has 0 aromatic heterocycles. The van der Waals surface area contributed by atoms with Crippen LogP contribution in [0.2, 0.25) is 0 Å². The molecule has 1 aromatic carbocycles. The molecule has 24 heavy (non-hydrogen) atoms. The maximum Gasteiger partial charge on any atom is 0.317 e. The number of benzene rings is 1. The van der Waals surface area contributed by atoms with Gasteiger partial charge in [-0.05, 0) is 39.0 Å². The maximum absolute atomic E-state index is 13.3. The SMILES string of the molecule is CC(C)(C)NC(=O)N1CCN(S(=O)(=O)c2ccc(F)c(F)c2)CC1. The highest BCUT2D eigenvalue weighted by Gasteiger charge is 2.31. The summed E-state index contributed by atoms with van der Waals surface area (Å²) in [7, 11) is -3.92. The van der Waals surface area contributed by atoms with Crippen LogP contribution < -0.4 is 5.32 Å². The number of hydrogen-bond donors (Lipinski definition) is 1. The molecule has 1 aliphatic heterocycles. The second-order valence-electron chi connectivity index (χ2n) is 6.65. The summed E-state index contributed by atoms with van der Waals surface area (Å²) >= 11 is 0. The number of urea groups is 1. The molecule has 1 heterocycles. The van der Waals surface area contributed by atoms with E-state index in [-0.39, 0.29) is 42.6 Å². The van der Waals surface area contributed by atoms with Gasteiger partial charge in [-0.2, -0.15) is 4.31 Å². The zero-order valence-electron chi connectivity index (χ0n) is 13.8. The average molecular weight is 361 g/mol. The number of carbonyl (C=O) groups excluding carboxylic acids is 1. The Balaban J connectivity index is 2.05. The predicted molar refractivity (Wildman–Crippen MR) is 85.0 cm³/mol. The standard InChI is InChI=1S/C15H21F2N3O3S/c1-15(2,3)18-14(21)19-6-8-20(9-7-19)24(22,23)11-4-5-12(16)13(17)10-11/h4-5,10H,6-9H2,1-3H3,(H,18,21). The van der Waals surface area contributed by atoms with E-state index in [4.69, 9.17) is 0 Å². The van der Waals surface area contributed by atoms with Gasteiger partial charge in [-0.15, -0.1) is 0 Å². The van der Waals surface area contributed by atoms with Gasteiger partial charge in [0.05, 0.1) is 4.90 Å². The smallest absolute Gasteiger partial charge is 0.317 e. The summed E-state index contributed by atoms with van der Waals surface area (Å²) in [6.07, 6.45) is 0. The van der Waals surface area contributed by atoms with Crippen molar-refractivity contribution in [3.05, 3.63) is 29.8 Å². The molecule has 1 saturated heterocycles. The Labute approximate surface area is 140 Å². The van der Waals surface area contributed by atoms with Crippen molar-refractivity contribution in [1.82, 2.24) is 14.5 Å². The third kappa shape index (κ3) is 4.21. The zero-order chi connectivity index (χ0) is 18.1. The Bertz CT molecular complexity index is 724. The van der Waals surface area contributed by atoms with Gasteiger partial charge in [0.25, 0.3) is 0 Å². The van der Waals surface area contributed by atoms with Crippen molar-refractivity contribution < 1.29 is 22.0 Å². The molecule has 2 rings (SSSR count). The van der Waals surface area contributed by atoms with Gasteiger partial charge in [-0.3, -0.25) is 0 Å². The normalized spacial score (nSPS) is 17.0. The first-order valence-electron chi connectivity index (χ1n) is 7.53. The number of nitrogens with one attached hydrogen (secondary N) is 1. The van der Waals surface area contributed by atoms with Crippen molar-refractivity contribution in [1.29, 1.82) is 0 Å². The van der Waals surface area contributed by atoms with E-state index in [0.717, 1.165) is 12.1 Å². The monoisotopic (exact) mass is 361 g/mol. The average Bonchev–Trinajstić information content (AvgIpc) is 2.48. The zero-order valence-corrected chi connectivity index (χ0v) is 14.7. The molecule has 1 N–H and O–H groups in total. The lowest BCUT2D eigenvalue weighted by Crippen LogP contribution is -2.55. The lowest BCUT2D eigenvalue weighted by Gasteiger charge is -2.35. The van der Waals surface area contributed by atoms with Crippen molar-refractivity contribution in [3.63, 3.8) is 0 Å².